The van der Waals surface area contributed by atoms with Gasteiger partial charge in [-0.15, -0.1) is 10.2 Å². The molecule has 23 heavy (non-hydrogen) atoms. The van der Waals surface area contributed by atoms with Crippen LogP contribution in [0.2, 0.25) is 0 Å². The molecule has 4 aromatic rings. The molecule has 4 rings (SSSR count). The van der Waals surface area contributed by atoms with Crippen LogP contribution in [0.25, 0.3) is 15.2 Å². The summed E-state index contributed by atoms with van der Waals surface area (Å²) in [4.78, 5) is 0.888. The van der Waals surface area contributed by atoms with Crippen molar-refractivity contribution in [2.24, 2.45) is 0 Å². The fourth-order valence-electron chi connectivity index (χ4n) is 2.49. The van der Waals surface area contributed by atoms with Crippen molar-refractivity contribution in [1.82, 2.24) is 14.6 Å². The number of thioether (sulfide) groups is 1. The summed E-state index contributed by atoms with van der Waals surface area (Å²) in [6.07, 6.45) is -0.516. The van der Waals surface area contributed by atoms with Crippen molar-refractivity contribution >= 4 is 38.3 Å². The Balaban J connectivity index is 1.59. The number of hydrogen-bond acceptors (Lipinski definition) is 5. The molecule has 0 saturated carbocycles. The lowest BCUT2D eigenvalue weighted by Gasteiger charge is -2.10. The third-order valence-electron chi connectivity index (χ3n) is 3.74. The van der Waals surface area contributed by atoms with Crippen LogP contribution in [0.1, 0.15) is 17.2 Å². The van der Waals surface area contributed by atoms with Crippen molar-refractivity contribution in [3.05, 3.63) is 59.7 Å². The van der Waals surface area contributed by atoms with E-state index in [1.54, 1.807) is 11.3 Å². The Morgan fingerprint density at radius 2 is 1.91 bits per heavy atom. The molecule has 0 radical (unpaired) electrons. The lowest BCUT2D eigenvalue weighted by atomic mass is 10.1. The van der Waals surface area contributed by atoms with Crippen molar-refractivity contribution in [3.8, 4) is 0 Å². The maximum atomic E-state index is 10.4. The Bertz CT molecular complexity index is 959. The molecule has 2 heterocycles. The van der Waals surface area contributed by atoms with Crippen molar-refractivity contribution in [2.75, 3.05) is 5.75 Å². The molecule has 2 aromatic heterocycles. The van der Waals surface area contributed by atoms with Gasteiger partial charge in [-0.1, -0.05) is 65.1 Å². The van der Waals surface area contributed by atoms with Crippen LogP contribution >= 0.6 is 23.1 Å². The predicted molar refractivity (Wildman–Crippen MR) is 95.2 cm³/mol. The number of para-hydroxylation sites is 1. The molecular formula is C17H15N3OS2. The van der Waals surface area contributed by atoms with Gasteiger partial charge in [-0.2, -0.15) is 0 Å². The molecule has 0 aliphatic carbocycles. The van der Waals surface area contributed by atoms with E-state index in [1.807, 2.05) is 43.3 Å². The normalized spacial score (nSPS) is 13.0. The highest BCUT2D eigenvalue weighted by Crippen LogP contribution is 2.31. The first-order valence-corrected chi connectivity index (χ1v) is 9.13. The zero-order valence-electron chi connectivity index (χ0n) is 12.5. The molecular weight excluding hydrogens is 326 g/mol. The molecule has 0 fully saturated rings. The highest BCUT2D eigenvalue weighted by molar-refractivity contribution is 7.99. The molecule has 0 aliphatic rings. The highest BCUT2D eigenvalue weighted by atomic mass is 32.2. The van der Waals surface area contributed by atoms with Crippen LogP contribution in [0.3, 0.4) is 0 Å². The van der Waals surface area contributed by atoms with Gasteiger partial charge in [0.2, 0.25) is 4.96 Å². The minimum Gasteiger partial charge on any atom is -0.388 e. The molecule has 0 aliphatic heterocycles. The molecule has 1 N–H and O–H groups in total. The SMILES string of the molecule is Cc1ccc([C@@H](O)CSc2nnc3sc4ccccc4n23)cc1. The van der Waals surface area contributed by atoms with Gasteiger partial charge in [0.1, 0.15) is 0 Å². The minimum atomic E-state index is -0.516. The average Bonchev–Trinajstić information content (AvgIpc) is 3.12. The second kappa shape index (κ2) is 5.96. The van der Waals surface area contributed by atoms with Gasteiger partial charge in [-0.3, -0.25) is 4.40 Å². The Morgan fingerprint density at radius 3 is 2.74 bits per heavy atom. The van der Waals surface area contributed by atoms with E-state index in [2.05, 4.69) is 26.7 Å². The summed E-state index contributed by atoms with van der Waals surface area (Å²) in [5.41, 5.74) is 3.24. The number of hydrogen-bond donors (Lipinski definition) is 1. The molecule has 0 saturated heterocycles. The Morgan fingerprint density at radius 1 is 1.13 bits per heavy atom. The first kappa shape index (κ1) is 14.7. The van der Waals surface area contributed by atoms with E-state index in [4.69, 9.17) is 0 Å². The highest BCUT2D eigenvalue weighted by Gasteiger charge is 2.15. The first-order valence-electron chi connectivity index (χ1n) is 7.32. The smallest absolute Gasteiger partial charge is 0.217 e. The summed E-state index contributed by atoms with van der Waals surface area (Å²) in [5, 5.41) is 19.7. The quantitative estimate of drug-likeness (QED) is 0.568. The standard InChI is InChI=1S/C17H15N3OS2/c1-11-6-8-12(9-7-11)14(21)10-22-16-18-19-17-20(16)13-4-2-3-5-15(13)23-17/h2-9,14,21H,10H2,1H3/t14-/m0/s1. The number of aromatic nitrogens is 3. The van der Waals surface area contributed by atoms with Crippen LogP contribution in [0.5, 0.6) is 0 Å². The molecule has 0 bridgehead atoms. The number of nitrogens with zero attached hydrogens (tertiary/aromatic N) is 3. The van der Waals surface area contributed by atoms with Crippen LogP contribution in [0.4, 0.5) is 0 Å². The van der Waals surface area contributed by atoms with Gasteiger partial charge >= 0.3 is 0 Å². The molecule has 0 unspecified atom stereocenters. The zero-order valence-corrected chi connectivity index (χ0v) is 14.1. The number of thiazole rings is 1. The molecule has 116 valence electrons. The zero-order chi connectivity index (χ0) is 15.8. The molecule has 1 atom stereocenters. The van der Waals surface area contributed by atoms with Crippen LogP contribution in [-0.4, -0.2) is 25.5 Å². The van der Waals surface area contributed by atoms with Crippen molar-refractivity contribution < 1.29 is 5.11 Å². The first-order chi connectivity index (χ1) is 11.2. The monoisotopic (exact) mass is 341 g/mol. The Kier molecular flexibility index (Phi) is 3.80. The summed E-state index contributed by atoms with van der Waals surface area (Å²) >= 11 is 3.16. The number of aliphatic hydroxyl groups is 1. The lowest BCUT2D eigenvalue weighted by molar-refractivity contribution is 0.204. The van der Waals surface area contributed by atoms with Gasteiger partial charge in [0.15, 0.2) is 5.16 Å². The fourth-order valence-corrected chi connectivity index (χ4v) is 4.42. The van der Waals surface area contributed by atoms with Gasteiger partial charge < -0.3 is 5.11 Å². The topological polar surface area (TPSA) is 50.4 Å². The van der Waals surface area contributed by atoms with Crippen LogP contribution in [0.15, 0.2) is 53.7 Å². The predicted octanol–water partition coefficient (Wildman–Crippen LogP) is 4.08. The van der Waals surface area contributed by atoms with Crippen LogP contribution in [-0.2, 0) is 0 Å². The van der Waals surface area contributed by atoms with Gasteiger partial charge in [-0.05, 0) is 24.6 Å². The molecule has 0 amide bonds. The molecule has 0 spiro atoms. The second-order valence-electron chi connectivity index (χ2n) is 5.41. The second-order valence-corrected chi connectivity index (χ2v) is 7.40. The largest absolute Gasteiger partial charge is 0.388 e. The third-order valence-corrected chi connectivity index (χ3v) is 5.76. The number of fused-ring (bicyclic) bond motifs is 3. The number of benzene rings is 2. The maximum absolute atomic E-state index is 10.4. The third kappa shape index (κ3) is 2.73. The van der Waals surface area contributed by atoms with Gasteiger partial charge in [0, 0.05) is 5.75 Å². The van der Waals surface area contributed by atoms with Crippen molar-refractivity contribution in [3.63, 3.8) is 0 Å². The summed E-state index contributed by atoms with van der Waals surface area (Å²) in [7, 11) is 0. The van der Waals surface area contributed by atoms with Crippen molar-refractivity contribution in [1.29, 1.82) is 0 Å². The average molecular weight is 341 g/mol. The van der Waals surface area contributed by atoms with Gasteiger partial charge in [-0.25, -0.2) is 0 Å². The van der Waals surface area contributed by atoms with E-state index < -0.39 is 6.10 Å². The lowest BCUT2D eigenvalue weighted by Crippen LogP contribution is -2.01. The van der Waals surface area contributed by atoms with E-state index in [0.717, 1.165) is 21.2 Å². The summed E-state index contributed by atoms with van der Waals surface area (Å²) in [6.45, 7) is 2.04. The van der Waals surface area contributed by atoms with Crippen LogP contribution in [0, 0.1) is 6.92 Å². The molecule has 4 nitrogen and oxygen atoms in total. The number of aliphatic hydroxyl groups excluding tert-OH is 1. The van der Waals surface area contributed by atoms with E-state index >= 15 is 0 Å². The Labute approximate surface area is 141 Å². The fraction of sp³-hybridized carbons (Fsp3) is 0.176. The number of rotatable bonds is 4. The summed E-state index contributed by atoms with van der Waals surface area (Å²) in [5.74, 6) is 0.550. The number of aryl methyl sites for hydroxylation is 1. The van der Waals surface area contributed by atoms with Crippen LogP contribution < -0.4 is 0 Å². The van der Waals surface area contributed by atoms with E-state index in [9.17, 15) is 5.11 Å². The van der Waals surface area contributed by atoms with E-state index in [-0.39, 0.29) is 0 Å². The van der Waals surface area contributed by atoms with Gasteiger partial charge in [0.25, 0.3) is 0 Å². The molecule has 6 heteroatoms. The van der Waals surface area contributed by atoms with E-state index in [0.29, 0.717) is 5.75 Å². The summed E-state index contributed by atoms with van der Waals surface area (Å²) < 4.78 is 3.25. The minimum absolute atomic E-state index is 0.516. The van der Waals surface area contributed by atoms with E-state index in [1.165, 1.54) is 22.0 Å². The Hall–Kier alpha value is -1.89. The molecule has 2 aromatic carbocycles. The maximum Gasteiger partial charge on any atom is 0.217 e. The summed E-state index contributed by atoms with van der Waals surface area (Å²) in [6, 6.07) is 16.2. The van der Waals surface area contributed by atoms with Crippen molar-refractivity contribution in [2.45, 2.75) is 18.2 Å². The van der Waals surface area contributed by atoms with Gasteiger partial charge in [0.05, 0.1) is 16.3 Å².